The molecule has 2 rings (SSSR count). The molecule has 304 valence electrons. The van der Waals surface area contributed by atoms with Crippen molar-refractivity contribution in [2.75, 3.05) is 0 Å². The van der Waals surface area contributed by atoms with Crippen LogP contribution in [0.5, 0.6) is 0 Å². The molecule has 2 saturated carbocycles. The fourth-order valence-corrected chi connectivity index (χ4v) is 3.18. The van der Waals surface area contributed by atoms with Gasteiger partial charge in [-0.1, -0.05) is 120 Å². The van der Waals surface area contributed by atoms with Crippen LogP contribution in [0.25, 0.3) is 0 Å². The Morgan fingerprint density at radius 3 is 0.796 bits per heavy atom. The van der Waals surface area contributed by atoms with Gasteiger partial charge in [-0.3, -0.25) is 0 Å². The van der Waals surface area contributed by atoms with Crippen LogP contribution in [0, 0.1) is 27.7 Å². The molecule has 0 saturated heterocycles. The van der Waals surface area contributed by atoms with Gasteiger partial charge in [0.15, 0.2) is 0 Å². The first kappa shape index (κ1) is 66.5. The Hall–Kier alpha value is -2.36. The Balaban J connectivity index is -0.000000103. The van der Waals surface area contributed by atoms with Crippen LogP contribution in [-0.2, 0) is 38.2 Å². The normalized spacial score (nSPS) is 13.1. The van der Waals surface area contributed by atoms with Crippen LogP contribution in [0.3, 0.4) is 0 Å². The summed E-state index contributed by atoms with van der Waals surface area (Å²) < 4.78 is 10.0. The summed E-state index contributed by atoms with van der Waals surface area (Å²) in [5.41, 5.74) is 0. The molecule has 0 unspecified atom stereocenters. The van der Waals surface area contributed by atoms with E-state index in [1.807, 2.05) is 0 Å². The Bertz CT molecular complexity index is 878. The standard InChI is InChI=1S/2C10H14O4.C4H4O4.4C4H9.2Sn/c2*11-9(12)6-7-10(13)14-8-4-2-1-3-5-8;5-3(6)1-2-4(7)8;4*1-3-4-2;;/h2*6-8H,1-5H2,(H,11,12);1-2H,(H,5,6)(H,7,8);4*1,3-4H2,2H3;;/q;;;;;;;2*+2/p-4/b2*7-6+;2-1+;;;;;;. The van der Waals surface area contributed by atoms with Crippen LogP contribution in [0.15, 0.2) is 36.5 Å². The van der Waals surface area contributed by atoms with Gasteiger partial charge >= 0.3 is 59.8 Å². The predicted molar refractivity (Wildman–Crippen MR) is 206 cm³/mol. The number of aliphatic carboxylic acids is 4. The van der Waals surface area contributed by atoms with E-state index >= 15 is 0 Å². The van der Waals surface area contributed by atoms with Crippen LogP contribution in [-0.4, -0.2) is 95.8 Å². The first-order chi connectivity index (χ1) is 24.6. The van der Waals surface area contributed by atoms with Crippen LogP contribution in [0.2, 0.25) is 0 Å². The van der Waals surface area contributed by atoms with E-state index in [-0.39, 0.29) is 60.0 Å². The minimum atomic E-state index is -1.55. The van der Waals surface area contributed by atoms with E-state index in [4.69, 9.17) is 9.47 Å². The van der Waals surface area contributed by atoms with Crippen molar-refractivity contribution in [2.24, 2.45) is 0 Å². The number of carboxylic acids is 4. The maximum absolute atomic E-state index is 11.0. The molecule has 2 aliphatic rings. The number of carbonyl (C=O) groups is 6. The van der Waals surface area contributed by atoms with Gasteiger partial charge in [0.1, 0.15) is 12.2 Å². The quantitative estimate of drug-likeness (QED) is 0.157. The van der Waals surface area contributed by atoms with Crippen molar-refractivity contribution in [3.63, 3.8) is 0 Å². The van der Waals surface area contributed by atoms with Gasteiger partial charge in [-0.2, -0.15) is 0 Å². The smallest absolute Gasteiger partial charge is 0.545 e. The van der Waals surface area contributed by atoms with Gasteiger partial charge in [0.05, 0.1) is 23.9 Å². The van der Waals surface area contributed by atoms with Gasteiger partial charge in [0, 0.05) is 12.2 Å². The molecular weight excluding hydrogens is 910 g/mol. The minimum Gasteiger partial charge on any atom is -0.545 e. The predicted octanol–water partition coefficient (Wildman–Crippen LogP) is 3.10. The second-order valence-corrected chi connectivity index (χ2v) is 11.1. The molecular formula is C40H64O12Sn2. The molecule has 0 aromatic heterocycles. The van der Waals surface area contributed by atoms with Crippen LogP contribution in [0.4, 0.5) is 0 Å². The van der Waals surface area contributed by atoms with Crippen molar-refractivity contribution in [2.45, 2.75) is 155 Å². The number of ether oxygens (including phenoxy) is 2. The van der Waals surface area contributed by atoms with Gasteiger partial charge in [0.2, 0.25) is 0 Å². The van der Waals surface area contributed by atoms with Gasteiger partial charge in [-0.15, -0.1) is 0 Å². The fraction of sp³-hybridized carbons (Fsp3) is 0.600. The Morgan fingerprint density at radius 2 is 0.630 bits per heavy atom. The second kappa shape index (κ2) is 55.0. The van der Waals surface area contributed by atoms with E-state index in [0.29, 0.717) is 24.3 Å². The molecule has 0 aromatic rings. The third-order valence-electron chi connectivity index (χ3n) is 6.15. The Morgan fingerprint density at radius 1 is 0.444 bits per heavy atom. The molecule has 0 aromatic carbocycles. The fourth-order valence-electron chi connectivity index (χ4n) is 3.18. The number of esters is 2. The first-order valence-electron chi connectivity index (χ1n) is 18.1. The van der Waals surface area contributed by atoms with Gasteiger partial charge < -0.3 is 49.1 Å². The molecule has 0 bridgehead atoms. The number of unbranched alkanes of at least 4 members (excludes halogenated alkanes) is 4. The zero-order chi connectivity index (χ0) is 41.0. The van der Waals surface area contributed by atoms with Gasteiger partial charge in [-0.05, 0) is 75.7 Å². The summed E-state index contributed by atoms with van der Waals surface area (Å²) in [5, 5.41) is 38.8. The van der Waals surface area contributed by atoms with E-state index in [0.717, 1.165) is 89.2 Å². The minimum absolute atomic E-state index is 0. The van der Waals surface area contributed by atoms with E-state index in [2.05, 4.69) is 55.4 Å². The van der Waals surface area contributed by atoms with Crippen molar-refractivity contribution < 1.29 is 58.7 Å². The Labute approximate surface area is 359 Å². The molecule has 12 nitrogen and oxygen atoms in total. The third kappa shape index (κ3) is 71.1. The van der Waals surface area contributed by atoms with E-state index in [9.17, 15) is 49.2 Å². The van der Waals surface area contributed by atoms with Crippen LogP contribution < -0.4 is 20.4 Å². The summed E-state index contributed by atoms with van der Waals surface area (Å²) in [6.07, 6.45) is 23.1. The summed E-state index contributed by atoms with van der Waals surface area (Å²) in [7, 11) is 0. The number of hydrogen-bond donors (Lipinski definition) is 0. The van der Waals surface area contributed by atoms with Crippen molar-refractivity contribution in [3.8, 4) is 0 Å². The van der Waals surface area contributed by atoms with E-state index in [1.54, 1.807) is 0 Å². The van der Waals surface area contributed by atoms with Crippen molar-refractivity contribution in [3.05, 3.63) is 64.2 Å². The molecule has 0 aliphatic heterocycles. The molecule has 54 heavy (non-hydrogen) atoms. The molecule has 0 N–H and O–H groups in total. The van der Waals surface area contributed by atoms with Gasteiger partial charge in [-0.25, -0.2) is 9.59 Å². The van der Waals surface area contributed by atoms with Crippen molar-refractivity contribution in [1.82, 2.24) is 0 Å². The number of carbonyl (C=O) groups excluding carboxylic acids is 6. The molecule has 14 heteroatoms. The number of rotatable bonds is 12. The number of carboxylic acid groups (broad SMARTS) is 4. The van der Waals surface area contributed by atoms with Crippen LogP contribution in [0.1, 0.15) is 143 Å². The number of hydrogen-bond acceptors (Lipinski definition) is 12. The maximum Gasteiger partial charge on any atom is 2.00 e. The average molecular weight is 974 g/mol. The maximum atomic E-state index is 11.0. The van der Waals surface area contributed by atoms with E-state index in [1.165, 1.54) is 38.5 Å². The molecule has 0 spiro atoms. The topological polar surface area (TPSA) is 213 Å². The molecule has 2 fully saturated rings. The summed E-state index contributed by atoms with van der Waals surface area (Å²) in [4.78, 5) is 60.8. The monoisotopic (exact) mass is 976 g/mol. The third-order valence-corrected chi connectivity index (χ3v) is 6.15. The molecule has 0 atom stereocenters. The molecule has 8 radical (unpaired) electrons. The SMILES string of the molecule is O=C([O-])/C=C/C(=O)OC1CCCCC1.O=C([O-])/C=C/C(=O)OC1CCCCC1.O=C([O-])/C=C/C(=O)[O-].[CH2]CCC.[CH2]CCC.[CH2]CCC.[CH2]CCC.[Sn+2].[Sn+2]. The zero-order valence-corrected chi connectivity index (χ0v) is 38.8. The van der Waals surface area contributed by atoms with E-state index < -0.39 is 35.8 Å². The largest absolute Gasteiger partial charge is 2.00 e. The van der Waals surface area contributed by atoms with Crippen LogP contribution >= 0.6 is 0 Å². The summed E-state index contributed by atoms with van der Waals surface area (Å²) >= 11 is 0. The molecule has 2 aliphatic carbocycles. The summed E-state index contributed by atoms with van der Waals surface area (Å²) in [6.45, 7) is 22.9. The molecule has 0 amide bonds. The Kier molecular flexibility index (Phi) is 67.7. The average Bonchev–Trinajstić information content (AvgIpc) is 3.14. The summed E-state index contributed by atoms with van der Waals surface area (Å²) in [6, 6.07) is 0. The zero-order valence-electron chi connectivity index (χ0n) is 33.1. The van der Waals surface area contributed by atoms with Gasteiger partial charge in [0.25, 0.3) is 0 Å². The molecule has 0 heterocycles. The summed E-state index contributed by atoms with van der Waals surface area (Å²) in [5.74, 6) is -7.05. The first-order valence-corrected chi connectivity index (χ1v) is 18.1. The van der Waals surface area contributed by atoms with Crippen molar-refractivity contribution in [1.29, 1.82) is 0 Å². The second-order valence-electron chi connectivity index (χ2n) is 11.1. The van der Waals surface area contributed by atoms with Crippen molar-refractivity contribution >= 4 is 83.6 Å².